The van der Waals surface area contributed by atoms with Crippen molar-refractivity contribution in [1.29, 1.82) is 0 Å². The van der Waals surface area contributed by atoms with Crippen LogP contribution in [0.2, 0.25) is 0 Å². The van der Waals surface area contributed by atoms with E-state index in [2.05, 4.69) is 4.98 Å². The predicted octanol–water partition coefficient (Wildman–Crippen LogP) is 3.19. The maximum Gasteiger partial charge on any atom is 0.270 e. The Morgan fingerprint density at radius 3 is 2.71 bits per heavy atom. The Morgan fingerprint density at radius 1 is 1.47 bits per heavy atom. The highest BCUT2D eigenvalue weighted by Gasteiger charge is 2.11. The number of non-ortho nitro benzene ring substituents is 1. The number of thiazole rings is 1. The fourth-order valence-corrected chi connectivity index (χ4v) is 2.16. The summed E-state index contributed by atoms with van der Waals surface area (Å²) in [6.45, 7) is 1.89. The van der Waals surface area contributed by atoms with Gasteiger partial charge >= 0.3 is 0 Å². The van der Waals surface area contributed by atoms with Crippen molar-refractivity contribution < 1.29 is 4.92 Å². The number of nitrogens with zero attached hydrogens (tertiary/aromatic N) is 2. The van der Waals surface area contributed by atoms with Gasteiger partial charge in [-0.3, -0.25) is 10.1 Å². The number of rotatable bonds is 2. The number of anilines is 1. The molecule has 7 heteroatoms. The van der Waals surface area contributed by atoms with E-state index in [1.807, 2.05) is 6.92 Å². The summed E-state index contributed by atoms with van der Waals surface area (Å²) in [6.07, 6.45) is 0. The lowest BCUT2D eigenvalue weighted by Crippen LogP contribution is -1.89. The van der Waals surface area contributed by atoms with Gasteiger partial charge in [0, 0.05) is 22.6 Å². The molecule has 0 saturated heterocycles. The summed E-state index contributed by atoms with van der Waals surface area (Å²) in [5.41, 5.74) is 7.08. The minimum absolute atomic E-state index is 0. The van der Waals surface area contributed by atoms with Crippen LogP contribution in [0, 0.1) is 17.0 Å². The Bertz CT molecular complexity index is 556. The number of aryl methyl sites for hydroxylation is 1. The zero-order valence-corrected chi connectivity index (χ0v) is 11.4. The van der Waals surface area contributed by atoms with Gasteiger partial charge < -0.3 is 5.73 Å². The number of halogens is 1. The van der Waals surface area contributed by atoms with Crippen LogP contribution in [0.4, 0.5) is 10.8 Å². The zero-order valence-electron chi connectivity index (χ0n) is 8.91. The lowest BCUT2D eigenvalue weighted by Gasteiger charge is -1.98. The topological polar surface area (TPSA) is 82.0 Å². The summed E-state index contributed by atoms with van der Waals surface area (Å²) >= 11 is 1.38. The van der Waals surface area contributed by atoms with E-state index < -0.39 is 4.92 Å². The molecule has 0 aliphatic heterocycles. The first-order chi connectivity index (χ1) is 7.58. The Morgan fingerprint density at radius 2 is 2.18 bits per heavy atom. The number of nitro benzene ring substituents is 1. The van der Waals surface area contributed by atoms with Crippen molar-refractivity contribution in [3.05, 3.63) is 39.3 Å². The summed E-state index contributed by atoms with van der Waals surface area (Å²) in [6, 6.07) is 6.38. The van der Waals surface area contributed by atoms with Crippen molar-refractivity contribution in [1.82, 2.24) is 4.98 Å². The second-order valence-corrected chi connectivity index (χ2v) is 4.50. The largest absolute Gasteiger partial charge is 0.375 e. The molecule has 1 aromatic heterocycles. The second-order valence-electron chi connectivity index (χ2n) is 3.26. The molecular weight excluding hydrogens is 306 g/mol. The van der Waals surface area contributed by atoms with Gasteiger partial charge in [0.25, 0.3) is 5.69 Å². The van der Waals surface area contributed by atoms with Gasteiger partial charge in [0.2, 0.25) is 0 Å². The summed E-state index contributed by atoms with van der Waals surface area (Å²) < 4.78 is 0. The van der Waals surface area contributed by atoms with E-state index in [0.717, 1.165) is 10.4 Å². The van der Waals surface area contributed by atoms with Crippen molar-refractivity contribution in [2.45, 2.75) is 6.92 Å². The van der Waals surface area contributed by atoms with Crippen molar-refractivity contribution in [3.63, 3.8) is 0 Å². The third-order valence-electron chi connectivity index (χ3n) is 2.14. The van der Waals surface area contributed by atoms with Crippen LogP contribution >= 0.6 is 28.3 Å². The summed E-state index contributed by atoms with van der Waals surface area (Å²) in [7, 11) is 0. The molecule has 0 radical (unpaired) electrons. The highest BCUT2D eigenvalue weighted by atomic mass is 79.9. The molecule has 0 amide bonds. The third-order valence-corrected chi connectivity index (χ3v) is 2.94. The summed E-state index contributed by atoms with van der Waals surface area (Å²) in [5.74, 6) is 0. The van der Waals surface area contributed by atoms with Gasteiger partial charge in [-0.25, -0.2) is 4.98 Å². The molecule has 90 valence electrons. The van der Waals surface area contributed by atoms with Gasteiger partial charge in [-0.2, -0.15) is 0 Å². The maximum absolute atomic E-state index is 10.6. The van der Waals surface area contributed by atoms with Crippen LogP contribution in [-0.4, -0.2) is 9.91 Å². The number of nitro groups is 1. The van der Waals surface area contributed by atoms with Crippen molar-refractivity contribution in [3.8, 4) is 11.3 Å². The minimum Gasteiger partial charge on any atom is -0.375 e. The van der Waals surface area contributed by atoms with E-state index in [1.165, 1.54) is 23.5 Å². The van der Waals surface area contributed by atoms with Crippen molar-refractivity contribution in [2.24, 2.45) is 0 Å². The first-order valence-corrected chi connectivity index (χ1v) is 5.37. The van der Waals surface area contributed by atoms with Gasteiger partial charge in [-0.05, 0) is 6.92 Å². The van der Waals surface area contributed by atoms with E-state index in [4.69, 9.17) is 5.73 Å². The molecule has 0 spiro atoms. The summed E-state index contributed by atoms with van der Waals surface area (Å²) in [4.78, 5) is 15.3. The zero-order chi connectivity index (χ0) is 11.7. The molecule has 1 heterocycles. The standard InChI is InChI=1S/C10H9N3O2S.BrH/c1-6-9(12-10(11)16-6)7-3-2-4-8(5-7)13(14)15;/h2-5H,1H3,(H2,11,12);1H. The molecule has 1 aromatic carbocycles. The van der Waals surface area contributed by atoms with Crippen LogP contribution in [0.5, 0.6) is 0 Å². The van der Waals surface area contributed by atoms with Gasteiger partial charge in [0.15, 0.2) is 5.13 Å². The number of nitrogen functional groups attached to an aromatic ring is 1. The lowest BCUT2D eigenvalue weighted by molar-refractivity contribution is -0.384. The fraction of sp³-hybridized carbons (Fsp3) is 0.100. The van der Waals surface area contributed by atoms with Crippen LogP contribution < -0.4 is 5.73 Å². The van der Waals surface area contributed by atoms with Crippen LogP contribution in [0.3, 0.4) is 0 Å². The number of aromatic nitrogens is 1. The maximum atomic E-state index is 10.6. The molecule has 0 aliphatic carbocycles. The quantitative estimate of drug-likeness (QED) is 0.681. The molecule has 5 nitrogen and oxygen atoms in total. The predicted molar refractivity (Wildman–Crippen MR) is 73.7 cm³/mol. The van der Waals surface area contributed by atoms with Crippen molar-refractivity contribution >= 4 is 39.1 Å². The monoisotopic (exact) mass is 315 g/mol. The number of hydrogen-bond acceptors (Lipinski definition) is 5. The molecule has 0 unspecified atom stereocenters. The SMILES string of the molecule is Br.Cc1sc(N)nc1-c1cccc([N+](=O)[O-])c1. The van der Waals surface area contributed by atoms with Crippen LogP contribution in [-0.2, 0) is 0 Å². The van der Waals surface area contributed by atoms with E-state index in [0.29, 0.717) is 10.8 Å². The molecule has 17 heavy (non-hydrogen) atoms. The Hall–Kier alpha value is -1.47. The number of nitrogens with two attached hydrogens (primary N) is 1. The fourth-order valence-electron chi connectivity index (χ4n) is 1.45. The van der Waals surface area contributed by atoms with E-state index in [-0.39, 0.29) is 22.7 Å². The Kier molecular flexibility index (Phi) is 4.19. The first kappa shape index (κ1) is 13.6. The molecule has 2 aromatic rings. The first-order valence-electron chi connectivity index (χ1n) is 4.55. The van der Waals surface area contributed by atoms with Gasteiger partial charge in [0.1, 0.15) is 0 Å². The highest BCUT2D eigenvalue weighted by Crippen LogP contribution is 2.30. The highest BCUT2D eigenvalue weighted by molar-refractivity contribution is 8.93. The second kappa shape index (κ2) is 5.24. The van der Waals surface area contributed by atoms with Crippen molar-refractivity contribution in [2.75, 3.05) is 5.73 Å². The molecule has 2 N–H and O–H groups in total. The summed E-state index contributed by atoms with van der Waals surface area (Å²) in [5, 5.41) is 11.1. The molecular formula is C10H10BrN3O2S. The number of benzene rings is 1. The molecule has 0 saturated carbocycles. The van der Waals surface area contributed by atoms with Gasteiger partial charge in [-0.15, -0.1) is 28.3 Å². The molecule has 0 atom stereocenters. The lowest BCUT2D eigenvalue weighted by atomic mass is 10.1. The molecule has 2 rings (SSSR count). The van der Waals surface area contributed by atoms with E-state index in [9.17, 15) is 10.1 Å². The van der Waals surface area contributed by atoms with Crippen LogP contribution in [0.15, 0.2) is 24.3 Å². The van der Waals surface area contributed by atoms with E-state index >= 15 is 0 Å². The normalized spacial score (nSPS) is 9.71. The Balaban J connectivity index is 0.00000144. The minimum atomic E-state index is -0.422. The van der Waals surface area contributed by atoms with Gasteiger partial charge in [-0.1, -0.05) is 12.1 Å². The van der Waals surface area contributed by atoms with Gasteiger partial charge in [0.05, 0.1) is 10.6 Å². The smallest absolute Gasteiger partial charge is 0.270 e. The van der Waals surface area contributed by atoms with Crippen LogP contribution in [0.1, 0.15) is 4.88 Å². The number of hydrogen-bond donors (Lipinski definition) is 1. The van der Waals surface area contributed by atoms with Crippen LogP contribution in [0.25, 0.3) is 11.3 Å². The molecule has 0 bridgehead atoms. The third kappa shape index (κ3) is 2.80. The van der Waals surface area contributed by atoms with E-state index in [1.54, 1.807) is 12.1 Å². The average molecular weight is 316 g/mol. The Labute approximate surface area is 112 Å². The average Bonchev–Trinajstić information content (AvgIpc) is 2.58. The molecule has 0 aliphatic rings. The molecule has 0 fully saturated rings.